The van der Waals surface area contributed by atoms with Crippen molar-refractivity contribution >= 4 is 62.4 Å². The van der Waals surface area contributed by atoms with Crippen LogP contribution in [-0.4, -0.2) is 39.9 Å². The van der Waals surface area contributed by atoms with Gasteiger partial charge < -0.3 is 14.8 Å². The van der Waals surface area contributed by atoms with Crippen LogP contribution >= 0.6 is 34.3 Å². The van der Waals surface area contributed by atoms with Gasteiger partial charge in [0.15, 0.2) is 5.13 Å². The molecule has 3 aromatic heterocycles. The molecule has 1 N–H and O–H groups in total. The van der Waals surface area contributed by atoms with Crippen molar-refractivity contribution in [2.45, 2.75) is 72.6 Å². The van der Waals surface area contributed by atoms with E-state index in [0.29, 0.717) is 29.2 Å². The number of amides is 2. The second-order valence-electron chi connectivity index (χ2n) is 10.1. The van der Waals surface area contributed by atoms with E-state index in [0.717, 1.165) is 32.7 Å². The number of alkyl carbamates (subject to hydrolysis) is 1. The van der Waals surface area contributed by atoms with E-state index < -0.39 is 28.5 Å². The van der Waals surface area contributed by atoms with Gasteiger partial charge in [0.05, 0.1) is 28.6 Å². The van der Waals surface area contributed by atoms with E-state index in [2.05, 4.69) is 15.3 Å². The number of rotatable bonds is 6. The van der Waals surface area contributed by atoms with E-state index in [1.807, 2.05) is 6.92 Å². The van der Waals surface area contributed by atoms with Crippen molar-refractivity contribution in [3.63, 3.8) is 0 Å². The zero-order valence-electron chi connectivity index (χ0n) is 21.3. The summed E-state index contributed by atoms with van der Waals surface area (Å²) in [5, 5.41) is 2.93. The highest BCUT2D eigenvalue weighted by molar-refractivity contribution is 7.20. The van der Waals surface area contributed by atoms with Crippen LogP contribution in [0.25, 0.3) is 10.2 Å². The summed E-state index contributed by atoms with van der Waals surface area (Å²) < 4.78 is 25.3. The first-order valence-corrected chi connectivity index (χ1v) is 13.3. The summed E-state index contributed by atoms with van der Waals surface area (Å²) >= 11 is 8.68. The molecule has 0 aromatic carbocycles. The molecule has 0 aliphatic rings. The zero-order valence-corrected chi connectivity index (χ0v) is 23.7. The maximum absolute atomic E-state index is 13.6. The number of ether oxygens (including phenoxy) is 2. The lowest BCUT2D eigenvalue weighted by molar-refractivity contribution is 0.0526. The number of hydrogen-bond acceptors (Lipinski definition) is 8. The molecule has 36 heavy (non-hydrogen) atoms. The molecule has 2 amide bonds. The van der Waals surface area contributed by atoms with Crippen molar-refractivity contribution in [2.75, 3.05) is 11.4 Å². The Labute approximate surface area is 222 Å². The number of nitrogens with zero attached hydrogens (tertiary/aromatic N) is 3. The fourth-order valence-corrected chi connectivity index (χ4v) is 5.36. The predicted octanol–water partition coefficient (Wildman–Crippen LogP) is 6.86. The summed E-state index contributed by atoms with van der Waals surface area (Å²) in [4.78, 5) is 36.2. The van der Waals surface area contributed by atoms with Crippen LogP contribution in [0.3, 0.4) is 0 Å². The molecule has 0 bridgehead atoms. The van der Waals surface area contributed by atoms with Gasteiger partial charge in [-0.1, -0.05) is 22.9 Å². The lowest BCUT2D eigenvalue weighted by Crippen LogP contribution is -2.36. The van der Waals surface area contributed by atoms with Crippen LogP contribution in [-0.2, 0) is 22.4 Å². The van der Waals surface area contributed by atoms with Crippen molar-refractivity contribution < 1.29 is 23.5 Å². The first kappa shape index (κ1) is 28.1. The quantitative estimate of drug-likeness (QED) is 0.333. The minimum absolute atomic E-state index is 0.00538. The van der Waals surface area contributed by atoms with Gasteiger partial charge in [0, 0.05) is 17.5 Å². The lowest BCUT2D eigenvalue weighted by Gasteiger charge is -2.27. The molecule has 196 valence electrons. The minimum atomic E-state index is -0.747. The average molecular weight is 557 g/mol. The van der Waals surface area contributed by atoms with Crippen molar-refractivity contribution in [1.29, 1.82) is 0 Å². The number of nitrogens with one attached hydrogen (secondary N) is 1. The van der Waals surface area contributed by atoms with Gasteiger partial charge >= 0.3 is 12.2 Å². The number of thiazole rings is 1. The topological polar surface area (TPSA) is 93.7 Å². The molecule has 8 nitrogen and oxygen atoms in total. The van der Waals surface area contributed by atoms with E-state index in [4.69, 9.17) is 21.1 Å². The van der Waals surface area contributed by atoms with Crippen molar-refractivity contribution in [1.82, 2.24) is 15.3 Å². The van der Waals surface area contributed by atoms with Crippen LogP contribution in [0.1, 0.15) is 57.0 Å². The van der Waals surface area contributed by atoms with Gasteiger partial charge in [-0.05, 0) is 60.5 Å². The summed E-state index contributed by atoms with van der Waals surface area (Å²) in [6.07, 6.45) is 0.552. The van der Waals surface area contributed by atoms with E-state index in [1.54, 1.807) is 47.6 Å². The second-order valence-corrected chi connectivity index (χ2v) is 12.7. The Kier molecular flexibility index (Phi) is 8.47. The Morgan fingerprint density at radius 3 is 2.39 bits per heavy atom. The molecular formula is C24H30ClFN4O4S2. The van der Waals surface area contributed by atoms with Crippen LogP contribution < -0.4 is 10.2 Å². The van der Waals surface area contributed by atoms with Gasteiger partial charge in [-0.15, -0.1) is 11.3 Å². The molecule has 0 saturated carbocycles. The number of aromatic nitrogens is 2. The molecular weight excluding hydrogens is 527 g/mol. The molecule has 3 aromatic rings. The van der Waals surface area contributed by atoms with Crippen molar-refractivity contribution in [3.05, 3.63) is 38.0 Å². The molecule has 12 heteroatoms. The third kappa shape index (κ3) is 7.50. The summed E-state index contributed by atoms with van der Waals surface area (Å²) in [6.45, 7) is 13.0. The molecule has 3 rings (SSSR count). The largest absolute Gasteiger partial charge is 0.444 e. The molecule has 0 atom stereocenters. The number of fused-ring (bicyclic) bond motifs is 1. The first-order chi connectivity index (χ1) is 16.6. The summed E-state index contributed by atoms with van der Waals surface area (Å²) in [5.41, 5.74) is 0.708. The number of aryl methyl sites for hydroxylation is 1. The molecule has 0 spiro atoms. The molecule has 0 aliphatic heterocycles. The second kappa shape index (κ2) is 10.9. The van der Waals surface area contributed by atoms with E-state index >= 15 is 0 Å². The number of hydrogen-bond donors (Lipinski definition) is 1. The molecule has 3 heterocycles. The molecule has 0 unspecified atom stereocenters. The maximum atomic E-state index is 13.6. The molecule has 0 fully saturated rings. The Morgan fingerprint density at radius 2 is 1.81 bits per heavy atom. The highest BCUT2D eigenvalue weighted by atomic mass is 35.5. The van der Waals surface area contributed by atoms with Crippen molar-refractivity contribution in [2.24, 2.45) is 0 Å². The monoisotopic (exact) mass is 556 g/mol. The van der Waals surface area contributed by atoms with Crippen LogP contribution in [0.4, 0.5) is 19.7 Å². The highest BCUT2D eigenvalue weighted by Crippen LogP contribution is 2.39. The van der Waals surface area contributed by atoms with Gasteiger partial charge in [-0.25, -0.2) is 19.6 Å². The normalized spacial score (nSPS) is 12.0. The van der Waals surface area contributed by atoms with Crippen LogP contribution in [0.2, 0.25) is 5.15 Å². The van der Waals surface area contributed by atoms with E-state index in [1.165, 1.54) is 16.2 Å². The standard InChI is InChI=1S/C24H30ClFN4O4S2/c1-13-15(8-9-27-21(31)33-23(2,3)4)35-20-14(10-16(25)29-19(13)20)30(22(32)34-24(5,6)7)12-18-28-11-17(26)36-18/h10-11H,8-9,12H2,1-7H3,(H,27,31). The molecule has 0 aliphatic carbocycles. The fourth-order valence-electron chi connectivity index (χ4n) is 3.27. The minimum Gasteiger partial charge on any atom is -0.444 e. The van der Waals surface area contributed by atoms with Crippen LogP contribution in [0.15, 0.2) is 12.3 Å². The van der Waals surface area contributed by atoms with E-state index in [9.17, 15) is 14.0 Å². The molecule has 0 radical (unpaired) electrons. The van der Waals surface area contributed by atoms with Gasteiger partial charge in [-0.3, -0.25) is 4.90 Å². The van der Waals surface area contributed by atoms with Gasteiger partial charge in [0.25, 0.3) is 0 Å². The summed E-state index contributed by atoms with van der Waals surface area (Å²) in [6, 6.07) is 1.59. The van der Waals surface area contributed by atoms with Crippen molar-refractivity contribution in [3.8, 4) is 0 Å². The Morgan fingerprint density at radius 1 is 1.14 bits per heavy atom. The number of halogens is 2. The number of thiophene rings is 1. The zero-order chi connectivity index (χ0) is 26.8. The third-order valence-electron chi connectivity index (χ3n) is 4.66. The highest BCUT2D eigenvalue weighted by Gasteiger charge is 2.28. The number of anilines is 1. The number of pyridine rings is 1. The summed E-state index contributed by atoms with van der Waals surface area (Å²) in [7, 11) is 0. The third-order valence-corrected chi connectivity index (χ3v) is 6.99. The van der Waals surface area contributed by atoms with Gasteiger partial charge in [-0.2, -0.15) is 4.39 Å². The average Bonchev–Trinajstić information content (AvgIpc) is 3.26. The van der Waals surface area contributed by atoms with Crippen LogP contribution in [0, 0.1) is 12.1 Å². The Bertz CT molecular complexity index is 1260. The fraction of sp³-hybridized carbons (Fsp3) is 0.500. The Balaban J connectivity index is 1.95. The molecule has 0 saturated heterocycles. The Hall–Kier alpha value is -2.50. The van der Waals surface area contributed by atoms with Crippen LogP contribution in [0.5, 0.6) is 0 Å². The number of carbonyl (C=O) groups is 2. The van der Waals surface area contributed by atoms with Gasteiger partial charge in [0.2, 0.25) is 0 Å². The smallest absolute Gasteiger partial charge is 0.415 e. The number of carbonyl (C=O) groups excluding carboxylic acids is 2. The SMILES string of the molecule is Cc1c(CCNC(=O)OC(C)(C)C)sc2c(N(Cc3ncc(F)s3)C(=O)OC(C)(C)C)cc(Cl)nc12. The maximum Gasteiger partial charge on any atom is 0.415 e. The lowest BCUT2D eigenvalue weighted by atomic mass is 10.2. The first-order valence-electron chi connectivity index (χ1n) is 11.3. The van der Waals surface area contributed by atoms with E-state index in [-0.39, 0.29) is 11.7 Å². The van der Waals surface area contributed by atoms with Gasteiger partial charge in [0.1, 0.15) is 21.4 Å². The predicted molar refractivity (Wildman–Crippen MR) is 142 cm³/mol. The summed E-state index contributed by atoms with van der Waals surface area (Å²) in [5.74, 6) is 0.